The normalized spacial score (nSPS) is 22.7. The summed E-state index contributed by atoms with van der Waals surface area (Å²) in [6.45, 7) is 13.5. The Kier molecular flexibility index (Phi) is 5.68. The molecular weight excluding hydrogens is 296 g/mol. The zero-order valence-electron chi connectivity index (χ0n) is 15.2. The molecule has 0 aromatic rings. The van der Waals surface area contributed by atoms with Crippen LogP contribution in [0.15, 0.2) is 23.5 Å². The molecule has 1 aliphatic carbocycles. The Hall–Kier alpha value is -1.07. The van der Waals surface area contributed by atoms with Crippen LogP contribution in [-0.2, 0) is 18.7 Å². The van der Waals surface area contributed by atoms with E-state index in [1.165, 1.54) is 7.11 Å². The van der Waals surface area contributed by atoms with E-state index in [0.717, 1.165) is 11.3 Å². The maximum Gasteiger partial charge on any atom is 0.319 e. The highest BCUT2D eigenvalue weighted by atomic mass is 28.4. The second kappa shape index (κ2) is 6.58. The first-order valence-corrected chi connectivity index (χ1v) is 10.5. The summed E-state index contributed by atoms with van der Waals surface area (Å²) in [4.78, 5) is 12.1. The van der Waals surface area contributed by atoms with Crippen molar-refractivity contribution in [1.29, 1.82) is 0 Å². The van der Waals surface area contributed by atoms with Gasteiger partial charge in [0.15, 0.2) is 8.32 Å². The van der Waals surface area contributed by atoms with Crippen molar-refractivity contribution >= 4 is 14.3 Å². The molecule has 0 amide bonds. The highest BCUT2D eigenvalue weighted by Gasteiger charge is 2.38. The number of rotatable bonds is 5. The fourth-order valence-corrected chi connectivity index (χ4v) is 3.16. The average molecular weight is 327 g/mol. The van der Waals surface area contributed by atoms with Gasteiger partial charge < -0.3 is 13.9 Å². The maximum atomic E-state index is 12.1. The van der Waals surface area contributed by atoms with Crippen molar-refractivity contribution in [3.05, 3.63) is 23.5 Å². The number of ether oxygens (including phenoxy) is 2. The van der Waals surface area contributed by atoms with Crippen LogP contribution in [0.3, 0.4) is 0 Å². The van der Waals surface area contributed by atoms with E-state index in [-0.39, 0.29) is 11.0 Å². The standard InChI is InChI=1S/C17H30O4Si/c1-16(2,3)22(7,8)21-12-13-9-14(19-5)11-17(4,10-13)15(18)20-6/h10-11H,9,12H2,1-8H3. The molecule has 22 heavy (non-hydrogen) atoms. The number of hydrogen-bond donors (Lipinski definition) is 0. The van der Waals surface area contributed by atoms with Crippen molar-refractivity contribution < 1.29 is 18.7 Å². The highest BCUT2D eigenvalue weighted by molar-refractivity contribution is 6.74. The number of esters is 1. The van der Waals surface area contributed by atoms with E-state index in [9.17, 15) is 4.79 Å². The van der Waals surface area contributed by atoms with Crippen molar-refractivity contribution in [2.24, 2.45) is 5.41 Å². The minimum Gasteiger partial charge on any atom is -0.501 e. The maximum absolute atomic E-state index is 12.1. The van der Waals surface area contributed by atoms with Crippen LogP contribution < -0.4 is 0 Å². The third-order valence-corrected chi connectivity index (χ3v) is 9.16. The molecule has 0 aliphatic heterocycles. The SMILES string of the molecule is COC(=O)C1(C)C=C(CO[Si](C)(C)C(C)(C)C)CC(OC)=C1. The van der Waals surface area contributed by atoms with Crippen molar-refractivity contribution in [2.75, 3.05) is 20.8 Å². The molecule has 0 N–H and O–H groups in total. The van der Waals surface area contributed by atoms with Crippen molar-refractivity contribution in [2.45, 2.75) is 52.2 Å². The van der Waals surface area contributed by atoms with Crippen LogP contribution in [0.5, 0.6) is 0 Å². The van der Waals surface area contributed by atoms with Crippen LogP contribution in [-0.4, -0.2) is 35.1 Å². The van der Waals surface area contributed by atoms with E-state index in [0.29, 0.717) is 13.0 Å². The molecule has 0 radical (unpaired) electrons. The van der Waals surface area contributed by atoms with E-state index >= 15 is 0 Å². The van der Waals surface area contributed by atoms with Gasteiger partial charge in [0.25, 0.3) is 0 Å². The fraction of sp³-hybridized carbons (Fsp3) is 0.706. The van der Waals surface area contributed by atoms with Gasteiger partial charge in [-0.3, -0.25) is 4.79 Å². The Morgan fingerprint density at radius 1 is 1.27 bits per heavy atom. The van der Waals surface area contributed by atoms with Crippen LogP contribution >= 0.6 is 0 Å². The van der Waals surface area contributed by atoms with Crippen molar-refractivity contribution in [3.8, 4) is 0 Å². The summed E-state index contributed by atoms with van der Waals surface area (Å²) in [7, 11) is 1.21. The molecule has 4 nitrogen and oxygen atoms in total. The summed E-state index contributed by atoms with van der Waals surface area (Å²) in [5.41, 5.74) is 0.280. The molecule has 0 aromatic carbocycles. The molecule has 126 valence electrons. The van der Waals surface area contributed by atoms with E-state index in [1.807, 2.05) is 19.1 Å². The summed E-state index contributed by atoms with van der Waals surface area (Å²) in [5.74, 6) is 0.496. The van der Waals surface area contributed by atoms with E-state index in [4.69, 9.17) is 13.9 Å². The monoisotopic (exact) mass is 326 g/mol. The molecule has 5 heteroatoms. The Labute approximate surface area is 135 Å². The van der Waals surface area contributed by atoms with Gasteiger partial charge in [-0.15, -0.1) is 0 Å². The predicted octanol–water partition coefficient (Wildman–Crippen LogP) is 4.05. The van der Waals surface area contributed by atoms with Crippen LogP contribution in [0.4, 0.5) is 0 Å². The van der Waals surface area contributed by atoms with Gasteiger partial charge in [-0.05, 0) is 36.7 Å². The van der Waals surface area contributed by atoms with Gasteiger partial charge in [-0.2, -0.15) is 0 Å². The minimum atomic E-state index is -1.82. The number of carbonyl (C=O) groups excluding carboxylic acids is 1. The van der Waals surface area contributed by atoms with Crippen molar-refractivity contribution in [1.82, 2.24) is 0 Å². The second-order valence-electron chi connectivity index (χ2n) is 7.62. The Morgan fingerprint density at radius 3 is 2.32 bits per heavy atom. The molecule has 0 aromatic heterocycles. The van der Waals surface area contributed by atoms with E-state index in [2.05, 4.69) is 33.9 Å². The second-order valence-corrected chi connectivity index (χ2v) is 12.4. The van der Waals surface area contributed by atoms with Crippen LogP contribution in [0.1, 0.15) is 34.1 Å². The predicted molar refractivity (Wildman–Crippen MR) is 91.1 cm³/mol. The lowest BCUT2D eigenvalue weighted by Crippen LogP contribution is -2.41. The molecule has 1 atom stereocenters. The van der Waals surface area contributed by atoms with Gasteiger partial charge in [0.05, 0.1) is 26.6 Å². The molecule has 0 bridgehead atoms. The number of methoxy groups -OCH3 is 2. The average Bonchev–Trinajstić information content (AvgIpc) is 2.42. The third-order valence-electron chi connectivity index (χ3n) is 4.68. The summed E-state index contributed by atoms with van der Waals surface area (Å²) in [6.07, 6.45) is 4.46. The first-order chi connectivity index (χ1) is 9.95. The van der Waals surface area contributed by atoms with Crippen LogP contribution in [0.25, 0.3) is 0 Å². The first kappa shape index (κ1) is 19.0. The topological polar surface area (TPSA) is 44.8 Å². The summed E-state index contributed by atoms with van der Waals surface area (Å²) in [5, 5.41) is 0.161. The van der Waals surface area contributed by atoms with E-state index < -0.39 is 13.7 Å². The first-order valence-electron chi connectivity index (χ1n) is 7.64. The van der Waals surface area contributed by atoms with Gasteiger partial charge in [0.1, 0.15) is 5.41 Å². The number of hydrogen-bond acceptors (Lipinski definition) is 4. The summed E-state index contributed by atoms with van der Waals surface area (Å²) in [6, 6.07) is 0. The molecule has 1 rings (SSSR count). The largest absolute Gasteiger partial charge is 0.501 e. The minimum absolute atomic E-state index is 0.161. The summed E-state index contributed by atoms with van der Waals surface area (Å²) < 4.78 is 16.6. The lowest BCUT2D eigenvalue weighted by molar-refractivity contribution is -0.146. The number of carbonyl (C=O) groups is 1. The Morgan fingerprint density at radius 2 is 1.86 bits per heavy atom. The van der Waals surface area contributed by atoms with Crippen LogP contribution in [0.2, 0.25) is 18.1 Å². The Balaban J connectivity index is 2.94. The lowest BCUT2D eigenvalue weighted by Gasteiger charge is -2.37. The molecule has 1 unspecified atom stereocenters. The fourth-order valence-electron chi connectivity index (χ4n) is 2.18. The quantitative estimate of drug-likeness (QED) is 0.434. The zero-order valence-corrected chi connectivity index (χ0v) is 16.2. The molecular formula is C17H30O4Si. The number of allylic oxidation sites excluding steroid dienone is 1. The zero-order chi connectivity index (χ0) is 17.2. The third kappa shape index (κ3) is 4.23. The van der Waals surface area contributed by atoms with E-state index in [1.54, 1.807) is 7.11 Å². The summed E-state index contributed by atoms with van der Waals surface area (Å²) >= 11 is 0. The van der Waals surface area contributed by atoms with Crippen LogP contribution in [0, 0.1) is 5.41 Å². The van der Waals surface area contributed by atoms with Gasteiger partial charge in [0.2, 0.25) is 0 Å². The molecule has 0 saturated carbocycles. The van der Waals surface area contributed by atoms with Gasteiger partial charge >= 0.3 is 5.97 Å². The highest BCUT2D eigenvalue weighted by Crippen LogP contribution is 2.38. The van der Waals surface area contributed by atoms with Crippen molar-refractivity contribution in [3.63, 3.8) is 0 Å². The molecule has 0 saturated heterocycles. The Bertz CT molecular complexity index is 485. The molecule has 1 aliphatic rings. The van der Waals surface area contributed by atoms with Gasteiger partial charge in [-0.1, -0.05) is 26.8 Å². The molecule has 0 heterocycles. The lowest BCUT2D eigenvalue weighted by atomic mass is 9.82. The molecule has 0 spiro atoms. The molecule has 0 fully saturated rings. The van der Waals surface area contributed by atoms with Gasteiger partial charge in [-0.25, -0.2) is 0 Å². The smallest absolute Gasteiger partial charge is 0.319 e. The van der Waals surface area contributed by atoms with Gasteiger partial charge in [0, 0.05) is 6.42 Å².